The maximum atomic E-state index is 11.6. The van der Waals surface area contributed by atoms with Gasteiger partial charge in [0, 0.05) is 25.8 Å². The van der Waals surface area contributed by atoms with Crippen LogP contribution in [0.4, 0.5) is 11.4 Å². The Labute approximate surface area is 111 Å². The van der Waals surface area contributed by atoms with E-state index < -0.39 is 10.0 Å². The Morgan fingerprint density at radius 2 is 1.95 bits per heavy atom. The number of rotatable bonds is 2. The maximum Gasteiger partial charge on any atom is 0.241 e. The number of hydrogen-bond acceptors (Lipinski definition) is 5. The third-order valence-corrected chi connectivity index (χ3v) is 4.11. The Balaban J connectivity index is 2.28. The van der Waals surface area contributed by atoms with Crippen molar-refractivity contribution in [2.75, 3.05) is 37.3 Å². The lowest BCUT2D eigenvalue weighted by molar-refractivity contribution is -0.129. The first-order valence-electron chi connectivity index (χ1n) is 5.70. The first-order chi connectivity index (χ1) is 8.79. The topological polar surface area (TPSA) is 110 Å². The van der Waals surface area contributed by atoms with E-state index in [9.17, 15) is 13.2 Å². The van der Waals surface area contributed by atoms with Crippen molar-refractivity contribution in [1.82, 2.24) is 4.90 Å². The number of primary sulfonamides is 1. The smallest absolute Gasteiger partial charge is 0.241 e. The molecule has 0 unspecified atom stereocenters. The van der Waals surface area contributed by atoms with E-state index in [1.807, 2.05) is 4.90 Å². The van der Waals surface area contributed by atoms with Crippen molar-refractivity contribution in [3.63, 3.8) is 0 Å². The quantitative estimate of drug-likeness (QED) is 0.691. The van der Waals surface area contributed by atoms with Crippen LogP contribution in [0.3, 0.4) is 0 Å². The summed E-state index contributed by atoms with van der Waals surface area (Å²) >= 11 is 0. The van der Waals surface area contributed by atoms with Gasteiger partial charge in [0.25, 0.3) is 0 Å². The minimum atomic E-state index is -3.82. The molecule has 1 amide bonds. The molecule has 104 valence electrons. The van der Waals surface area contributed by atoms with E-state index in [0.717, 1.165) is 0 Å². The van der Waals surface area contributed by atoms with Gasteiger partial charge in [-0.05, 0) is 18.2 Å². The van der Waals surface area contributed by atoms with Crippen LogP contribution in [0.15, 0.2) is 23.1 Å². The zero-order valence-corrected chi connectivity index (χ0v) is 11.4. The number of benzene rings is 1. The molecule has 2 rings (SSSR count). The highest BCUT2D eigenvalue weighted by molar-refractivity contribution is 7.89. The molecule has 1 aromatic rings. The summed E-state index contributed by atoms with van der Waals surface area (Å²) in [4.78, 5) is 15.0. The summed E-state index contributed by atoms with van der Waals surface area (Å²) in [5.41, 5.74) is 6.50. The highest BCUT2D eigenvalue weighted by Gasteiger charge is 2.22. The van der Waals surface area contributed by atoms with Gasteiger partial charge in [0.2, 0.25) is 15.9 Å². The Bertz CT molecular complexity index is 614. The van der Waals surface area contributed by atoms with Gasteiger partial charge in [0.05, 0.1) is 12.2 Å². The molecule has 1 heterocycles. The number of anilines is 2. The van der Waals surface area contributed by atoms with Crippen molar-refractivity contribution >= 4 is 27.3 Å². The second-order valence-corrected chi connectivity index (χ2v) is 6.03. The van der Waals surface area contributed by atoms with Gasteiger partial charge in [-0.15, -0.1) is 0 Å². The minimum absolute atomic E-state index is 0.0142. The lowest BCUT2D eigenvalue weighted by Crippen LogP contribution is -2.48. The number of hydrogen-bond donors (Lipinski definition) is 2. The number of sulfonamides is 1. The maximum absolute atomic E-state index is 11.6. The number of likely N-dealkylation sites (N-methyl/N-ethyl adjacent to an activating group) is 1. The molecule has 0 radical (unpaired) electrons. The predicted molar refractivity (Wildman–Crippen MR) is 72.1 cm³/mol. The molecule has 1 fully saturated rings. The van der Waals surface area contributed by atoms with E-state index in [2.05, 4.69) is 0 Å². The standard InChI is InChI=1S/C11H16N4O3S/c1-14-4-5-15(7-11(14)16)8-2-3-10(9(12)6-8)19(13,17)18/h2-3,6H,4-5,7,12H2,1H3,(H2,13,17,18). The molecule has 0 bridgehead atoms. The number of nitrogens with zero attached hydrogens (tertiary/aromatic N) is 2. The highest BCUT2D eigenvalue weighted by atomic mass is 32.2. The van der Waals surface area contributed by atoms with Crippen molar-refractivity contribution in [2.24, 2.45) is 5.14 Å². The molecule has 4 N–H and O–H groups in total. The Hall–Kier alpha value is -1.80. The van der Waals surface area contributed by atoms with Crippen LogP contribution in [0.25, 0.3) is 0 Å². The van der Waals surface area contributed by atoms with E-state index in [0.29, 0.717) is 18.8 Å². The summed E-state index contributed by atoms with van der Waals surface area (Å²) in [6.07, 6.45) is 0. The molecule has 0 aromatic heterocycles. The van der Waals surface area contributed by atoms with E-state index in [1.165, 1.54) is 12.1 Å². The molecule has 1 saturated heterocycles. The SMILES string of the molecule is CN1CCN(c2ccc(S(N)(=O)=O)c(N)c2)CC1=O. The van der Waals surface area contributed by atoms with Crippen LogP contribution in [0.5, 0.6) is 0 Å². The molecular weight excluding hydrogens is 268 g/mol. The summed E-state index contributed by atoms with van der Waals surface area (Å²) < 4.78 is 22.5. The van der Waals surface area contributed by atoms with Crippen molar-refractivity contribution < 1.29 is 13.2 Å². The van der Waals surface area contributed by atoms with Crippen LogP contribution >= 0.6 is 0 Å². The van der Waals surface area contributed by atoms with E-state index in [4.69, 9.17) is 10.9 Å². The Morgan fingerprint density at radius 1 is 1.26 bits per heavy atom. The van der Waals surface area contributed by atoms with Crippen molar-refractivity contribution in [1.29, 1.82) is 0 Å². The number of nitrogens with two attached hydrogens (primary N) is 2. The summed E-state index contributed by atoms with van der Waals surface area (Å²) in [5, 5.41) is 5.04. The fraction of sp³-hybridized carbons (Fsp3) is 0.364. The van der Waals surface area contributed by atoms with Gasteiger partial charge >= 0.3 is 0 Å². The zero-order chi connectivity index (χ0) is 14.2. The van der Waals surface area contributed by atoms with E-state index in [1.54, 1.807) is 18.0 Å². The number of piperazine rings is 1. The molecular formula is C11H16N4O3S. The summed E-state index contributed by atoms with van der Waals surface area (Å²) in [6.45, 7) is 1.55. The highest BCUT2D eigenvalue weighted by Crippen LogP contribution is 2.24. The molecule has 0 aliphatic carbocycles. The number of carbonyl (C=O) groups is 1. The molecule has 0 atom stereocenters. The number of nitrogen functional groups attached to an aromatic ring is 1. The average Bonchev–Trinajstić information content (AvgIpc) is 2.31. The van der Waals surface area contributed by atoms with Crippen molar-refractivity contribution in [3.05, 3.63) is 18.2 Å². The first kappa shape index (κ1) is 13.6. The van der Waals surface area contributed by atoms with Crippen molar-refractivity contribution in [3.8, 4) is 0 Å². The molecule has 0 spiro atoms. The average molecular weight is 284 g/mol. The largest absolute Gasteiger partial charge is 0.398 e. The summed E-state index contributed by atoms with van der Waals surface area (Å²) in [7, 11) is -2.07. The van der Waals surface area contributed by atoms with Gasteiger partial charge in [0.15, 0.2) is 0 Å². The molecule has 7 nitrogen and oxygen atoms in total. The zero-order valence-electron chi connectivity index (χ0n) is 10.5. The van der Waals surface area contributed by atoms with Gasteiger partial charge in [-0.25, -0.2) is 13.6 Å². The third-order valence-electron chi connectivity index (χ3n) is 3.12. The van der Waals surface area contributed by atoms with Crippen LogP contribution in [0.2, 0.25) is 0 Å². The fourth-order valence-electron chi connectivity index (χ4n) is 1.97. The molecule has 8 heteroatoms. The van der Waals surface area contributed by atoms with Gasteiger partial charge in [-0.3, -0.25) is 4.79 Å². The van der Waals surface area contributed by atoms with Crippen LogP contribution in [-0.4, -0.2) is 45.9 Å². The van der Waals surface area contributed by atoms with Crippen LogP contribution in [0, 0.1) is 0 Å². The second-order valence-electron chi connectivity index (χ2n) is 4.50. The normalized spacial score (nSPS) is 16.8. The third kappa shape index (κ3) is 2.79. The predicted octanol–water partition coefficient (Wildman–Crippen LogP) is -0.805. The van der Waals surface area contributed by atoms with E-state index >= 15 is 0 Å². The fourth-order valence-corrected chi connectivity index (χ4v) is 2.62. The van der Waals surface area contributed by atoms with Gasteiger partial charge in [-0.1, -0.05) is 0 Å². The lowest BCUT2D eigenvalue weighted by atomic mass is 10.2. The molecule has 19 heavy (non-hydrogen) atoms. The van der Waals surface area contributed by atoms with Crippen LogP contribution in [-0.2, 0) is 14.8 Å². The van der Waals surface area contributed by atoms with Gasteiger partial charge < -0.3 is 15.5 Å². The minimum Gasteiger partial charge on any atom is -0.398 e. The number of carbonyl (C=O) groups excluding carboxylic acids is 1. The monoisotopic (exact) mass is 284 g/mol. The molecule has 1 aliphatic heterocycles. The lowest BCUT2D eigenvalue weighted by Gasteiger charge is -2.33. The van der Waals surface area contributed by atoms with Crippen molar-refractivity contribution in [2.45, 2.75) is 4.90 Å². The second kappa shape index (κ2) is 4.71. The van der Waals surface area contributed by atoms with Crippen LogP contribution < -0.4 is 15.8 Å². The molecule has 1 aliphatic rings. The molecule has 0 saturated carbocycles. The summed E-state index contributed by atoms with van der Waals surface area (Å²) in [6, 6.07) is 4.50. The molecule has 1 aromatic carbocycles. The first-order valence-corrected chi connectivity index (χ1v) is 7.25. The Morgan fingerprint density at radius 3 is 2.47 bits per heavy atom. The van der Waals surface area contributed by atoms with Gasteiger partial charge in [0.1, 0.15) is 4.90 Å². The number of amides is 1. The van der Waals surface area contributed by atoms with Crippen LogP contribution in [0.1, 0.15) is 0 Å². The van der Waals surface area contributed by atoms with E-state index in [-0.39, 0.29) is 23.0 Å². The summed E-state index contributed by atoms with van der Waals surface area (Å²) in [5.74, 6) is 0.0142. The Kier molecular flexibility index (Phi) is 3.38. The van der Waals surface area contributed by atoms with Gasteiger partial charge in [-0.2, -0.15) is 0 Å².